The molecule has 0 atom stereocenters. The van der Waals surface area contributed by atoms with Crippen molar-refractivity contribution in [2.24, 2.45) is 0 Å². The highest BCUT2D eigenvalue weighted by molar-refractivity contribution is 7.18. The molecule has 0 radical (unpaired) electrons. The summed E-state index contributed by atoms with van der Waals surface area (Å²) < 4.78 is 18.9. The van der Waals surface area contributed by atoms with E-state index in [1.54, 1.807) is 13.8 Å². The van der Waals surface area contributed by atoms with E-state index in [9.17, 15) is 18.8 Å². The SMILES string of the molecule is CCOC(=O)c1c(NC(=O)c2ccc(Cl)cc2F)sc(C(=O)NC)c1C. The number of hydrogen-bond acceptors (Lipinski definition) is 5. The fourth-order valence-electron chi connectivity index (χ4n) is 2.22. The summed E-state index contributed by atoms with van der Waals surface area (Å²) in [6.07, 6.45) is 0. The average Bonchev–Trinajstić information content (AvgIpc) is 2.90. The van der Waals surface area contributed by atoms with Crippen LogP contribution < -0.4 is 10.6 Å². The van der Waals surface area contributed by atoms with Gasteiger partial charge >= 0.3 is 5.97 Å². The number of nitrogens with one attached hydrogen (secondary N) is 2. The Balaban J connectivity index is 2.45. The minimum absolute atomic E-state index is 0.0678. The molecule has 2 rings (SSSR count). The molecule has 2 N–H and O–H groups in total. The number of ether oxygens (including phenoxy) is 1. The molecule has 2 amide bonds. The van der Waals surface area contributed by atoms with E-state index in [2.05, 4.69) is 10.6 Å². The van der Waals surface area contributed by atoms with Gasteiger partial charge in [0.15, 0.2) is 0 Å². The lowest BCUT2D eigenvalue weighted by Crippen LogP contribution is -2.18. The third kappa shape index (κ3) is 4.03. The van der Waals surface area contributed by atoms with Crippen LogP contribution in [0.15, 0.2) is 18.2 Å². The summed E-state index contributed by atoms with van der Waals surface area (Å²) in [4.78, 5) is 36.9. The number of hydrogen-bond donors (Lipinski definition) is 2. The highest BCUT2D eigenvalue weighted by atomic mass is 35.5. The molecule has 0 bridgehead atoms. The molecule has 0 saturated carbocycles. The Kier molecular flexibility index (Phi) is 6.33. The van der Waals surface area contributed by atoms with E-state index in [1.807, 2.05) is 0 Å². The molecule has 0 fully saturated rings. The second-order valence-electron chi connectivity index (χ2n) is 5.14. The lowest BCUT2D eigenvalue weighted by Gasteiger charge is -2.08. The summed E-state index contributed by atoms with van der Waals surface area (Å²) in [7, 11) is 1.45. The van der Waals surface area contributed by atoms with Gasteiger partial charge in [-0.2, -0.15) is 0 Å². The van der Waals surface area contributed by atoms with Gasteiger partial charge in [-0.15, -0.1) is 11.3 Å². The van der Waals surface area contributed by atoms with Gasteiger partial charge in [-0.1, -0.05) is 11.6 Å². The first-order valence-electron chi connectivity index (χ1n) is 7.59. The maximum Gasteiger partial charge on any atom is 0.341 e. The molecule has 138 valence electrons. The van der Waals surface area contributed by atoms with Gasteiger partial charge in [0, 0.05) is 12.1 Å². The van der Waals surface area contributed by atoms with Crippen LogP contribution in [0.2, 0.25) is 5.02 Å². The monoisotopic (exact) mass is 398 g/mol. The summed E-state index contributed by atoms with van der Waals surface area (Å²) in [6.45, 7) is 3.34. The van der Waals surface area contributed by atoms with Crippen molar-refractivity contribution in [2.45, 2.75) is 13.8 Å². The van der Waals surface area contributed by atoms with Crippen molar-refractivity contribution >= 4 is 45.7 Å². The zero-order valence-corrected chi connectivity index (χ0v) is 15.8. The summed E-state index contributed by atoms with van der Waals surface area (Å²) in [6, 6.07) is 3.62. The van der Waals surface area contributed by atoms with Crippen LogP contribution in [0.4, 0.5) is 9.39 Å². The number of anilines is 1. The van der Waals surface area contributed by atoms with Gasteiger partial charge in [0.2, 0.25) is 0 Å². The first-order valence-corrected chi connectivity index (χ1v) is 8.78. The maximum atomic E-state index is 14.0. The first-order chi connectivity index (χ1) is 12.3. The Morgan fingerprint density at radius 1 is 1.27 bits per heavy atom. The van der Waals surface area contributed by atoms with Crippen molar-refractivity contribution in [3.63, 3.8) is 0 Å². The Bertz CT molecular complexity index is 882. The number of amides is 2. The highest BCUT2D eigenvalue weighted by Crippen LogP contribution is 2.34. The molecule has 1 aromatic heterocycles. The Labute approximate surface area is 158 Å². The third-order valence-electron chi connectivity index (χ3n) is 3.46. The van der Waals surface area contributed by atoms with Crippen molar-refractivity contribution in [2.75, 3.05) is 19.0 Å². The lowest BCUT2D eigenvalue weighted by molar-refractivity contribution is 0.0527. The number of esters is 1. The number of thiophene rings is 1. The predicted molar refractivity (Wildman–Crippen MR) is 97.8 cm³/mol. The molecule has 0 aliphatic rings. The van der Waals surface area contributed by atoms with E-state index in [-0.39, 0.29) is 32.6 Å². The molecular weight excluding hydrogens is 383 g/mol. The van der Waals surface area contributed by atoms with E-state index in [4.69, 9.17) is 16.3 Å². The van der Waals surface area contributed by atoms with Crippen molar-refractivity contribution in [3.8, 4) is 0 Å². The van der Waals surface area contributed by atoms with Gasteiger partial charge in [-0.05, 0) is 37.6 Å². The van der Waals surface area contributed by atoms with Crippen molar-refractivity contribution in [1.29, 1.82) is 0 Å². The van der Waals surface area contributed by atoms with E-state index in [1.165, 1.54) is 19.2 Å². The summed E-state index contributed by atoms with van der Waals surface area (Å²) >= 11 is 6.59. The van der Waals surface area contributed by atoms with E-state index in [0.717, 1.165) is 17.4 Å². The minimum atomic E-state index is -0.799. The van der Waals surface area contributed by atoms with Crippen molar-refractivity contribution < 1.29 is 23.5 Å². The van der Waals surface area contributed by atoms with Crippen LogP contribution in [0.5, 0.6) is 0 Å². The van der Waals surface area contributed by atoms with Gasteiger partial charge in [-0.25, -0.2) is 9.18 Å². The maximum absolute atomic E-state index is 14.0. The van der Waals surface area contributed by atoms with Gasteiger partial charge in [0.1, 0.15) is 10.8 Å². The lowest BCUT2D eigenvalue weighted by atomic mass is 10.1. The van der Waals surface area contributed by atoms with Crippen LogP contribution in [-0.2, 0) is 4.74 Å². The second kappa shape index (κ2) is 8.29. The summed E-state index contributed by atoms with van der Waals surface area (Å²) in [5.41, 5.74) is 0.203. The fraction of sp³-hybridized carbons (Fsp3) is 0.235. The molecule has 26 heavy (non-hydrogen) atoms. The van der Waals surface area contributed by atoms with Crippen molar-refractivity contribution in [1.82, 2.24) is 5.32 Å². The molecule has 1 heterocycles. The zero-order valence-electron chi connectivity index (χ0n) is 14.2. The normalized spacial score (nSPS) is 10.3. The van der Waals surface area contributed by atoms with Gasteiger partial charge < -0.3 is 15.4 Å². The standard InChI is InChI=1S/C17H16ClFN2O4S/c1-4-25-17(24)12-8(2)13(15(23)20-3)26-16(12)21-14(22)10-6-5-9(18)7-11(10)19/h5-7H,4H2,1-3H3,(H,20,23)(H,21,22). The number of halogens is 2. The van der Waals surface area contributed by atoms with Crippen LogP contribution in [0.25, 0.3) is 0 Å². The second-order valence-corrected chi connectivity index (χ2v) is 6.60. The summed E-state index contributed by atoms with van der Waals surface area (Å²) in [5, 5.41) is 5.21. The average molecular weight is 399 g/mol. The van der Waals surface area contributed by atoms with E-state index in [0.29, 0.717) is 5.56 Å². The van der Waals surface area contributed by atoms with Crippen LogP contribution in [0.1, 0.15) is 42.9 Å². The number of carbonyl (C=O) groups is 3. The Morgan fingerprint density at radius 2 is 1.96 bits per heavy atom. The van der Waals surface area contributed by atoms with Crippen molar-refractivity contribution in [3.05, 3.63) is 50.6 Å². The molecular formula is C17H16ClFN2O4S. The Morgan fingerprint density at radius 3 is 2.54 bits per heavy atom. The van der Waals surface area contributed by atoms with Crippen LogP contribution in [0.3, 0.4) is 0 Å². The molecule has 1 aromatic carbocycles. The van der Waals surface area contributed by atoms with Gasteiger partial charge in [0.25, 0.3) is 11.8 Å². The fourth-order valence-corrected chi connectivity index (χ4v) is 3.52. The quantitative estimate of drug-likeness (QED) is 0.753. The largest absolute Gasteiger partial charge is 0.462 e. The predicted octanol–water partition coefficient (Wildman–Crippen LogP) is 3.64. The van der Waals surface area contributed by atoms with Gasteiger partial charge in [0.05, 0.1) is 22.6 Å². The molecule has 0 saturated heterocycles. The Hall–Kier alpha value is -2.45. The van der Waals surface area contributed by atoms with Gasteiger partial charge in [-0.3, -0.25) is 9.59 Å². The van der Waals surface area contributed by atoms with Crippen LogP contribution >= 0.6 is 22.9 Å². The molecule has 0 aliphatic heterocycles. The number of benzene rings is 1. The molecule has 0 unspecified atom stereocenters. The smallest absolute Gasteiger partial charge is 0.341 e. The zero-order chi connectivity index (χ0) is 19.4. The minimum Gasteiger partial charge on any atom is -0.462 e. The molecule has 0 aliphatic carbocycles. The first kappa shape index (κ1) is 19.9. The highest BCUT2D eigenvalue weighted by Gasteiger charge is 2.27. The third-order valence-corrected chi connectivity index (χ3v) is 4.90. The number of rotatable bonds is 5. The molecule has 9 heteroatoms. The van der Waals surface area contributed by atoms with Crippen LogP contribution in [-0.4, -0.2) is 31.4 Å². The number of carbonyl (C=O) groups excluding carboxylic acids is 3. The van der Waals surface area contributed by atoms with E-state index < -0.39 is 23.6 Å². The van der Waals surface area contributed by atoms with E-state index >= 15 is 0 Å². The van der Waals surface area contributed by atoms with Crippen LogP contribution in [0, 0.1) is 12.7 Å². The molecule has 0 spiro atoms. The molecule has 2 aromatic rings. The summed E-state index contributed by atoms with van der Waals surface area (Å²) in [5.74, 6) is -2.65. The molecule has 6 nitrogen and oxygen atoms in total. The topological polar surface area (TPSA) is 84.5 Å².